The molecule has 0 spiro atoms. The predicted molar refractivity (Wildman–Crippen MR) is 132 cm³/mol. The van der Waals surface area contributed by atoms with Gasteiger partial charge in [-0.1, -0.05) is 104 Å². The summed E-state index contributed by atoms with van der Waals surface area (Å²) < 4.78 is 0. The molecule has 0 saturated heterocycles. The molecule has 1 atom stereocenters. The van der Waals surface area contributed by atoms with Crippen LogP contribution in [0.25, 0.3) is 0 Å². The highest BCUT2D eigenvalue weighted by Gasteiger charge is 2.13. The summed E-state index contributed by atoms with van der Waals surface area (Å²) in [5.74, 6) is -0.291. The topological polar surface area (TPSA) is 40.5 Å². The molecule has 0 aliphatic heterocycles. The van der Waals surface area contributed by atoms with E-state index in [0.29, 0.717) is 5.92 Å². The fraction of sp³-hybridized carbons (Fsp3) is 0.889. The SMILES string of the molecule is CCCCCCCC/C=C/C(CCC(=O)O)CN(CCCCCC)CCCCCC. The summed E-state index contributed by atoms with van der Waals surface area (Å²) >= 11 is 0. The average molecular weight is 424 g/mol. The second-order valence-electron chi connectivity index (χ2n) is 9.10. The number of carboxylic acid groups (broad SMARTS) is 1. The lowest BCUT2D eigenvalue weighted by atomic mass is 10.00. The zero-order valence-electron chi connectivity index (χ0n) is 20.7. The zero-order chi connectivity index (χ0) is 22.3. The molecule has 0 aliphatic carbocycles. The van der Waals surface area contributed by atoms with E-state index in [2.05, 4.69) is 37.8 Å². The molecule has 0 amide bonds. The summed E-state index contributed by atoms with van der Waals surface area (Å²) in [6, 6.07) is 0. The first kappa shape index (κ1) is 29.2. The molecule has 1 unspecified atom stereocenters. The molecule has 0 aromatic carbocycles. The molecule has 0 saturated carbocycles. The molecule has 0 fully saturated rings. The molecule has 0 rings (SSSR count). The van der Waals surface area contributed by atoms with Crippen LogP contribution in [0.1, 0.15) is 130 Å². The minimum atomic E-state index is -0.665. The summed E-state index contributed by atoms with van der Waals surface area (Å²) in [5, 5.41) is 9.17. The lowest BCUT2D eigenvalue weighted by molar-refractivity contribution is -0.137. The van der Waals surface area contributed by atoms with E-state index in [0.717, 1.165) is 19.4 Å². The predicted octanol–water partition coefficient (Wildman–Crippen LogP) is 8.24. The normalized spacial score (nSPS) is 12.8. The van der Waals surface area contributed by atoms with Gasteiger partial charge in [-0.15, -0.1) is 0 Å². The Kier molecular flexibility index (Phi) is 22.2. The van der Waals surface area contributed by atoms with Crippen LogP contribution in [0.5, 0.6) is 0 Å². The molecule has 0 aromatic rings. The molecule has 0 radical (unpaired) electrons. The standard InChI is InChI=1S/C27H53NO2/c1-4-7-10-13-14-15-16-17-20-26(21-22-27(29)30)25-28(23-18-11-8-5-2)24-19-12-9-6-3/h17,20,26H,4-16,18-19,21-25H2,1-3H3,(H,29,30)/b20-17+. The van der Waals surface area contributed by atoms with Crippen LogP contribution in [0.3, 0.4) is 0 Å². The highest BCUT2D eigenvalue weighted by atomic mass is 16.4. The Bertz CT molecular complexity index is 382. The molecule has 0 aromatic heterocycles. The van der Waals surface area contributed by atoms with E-state index in [-0.39, 0.29) is 6.42 Å². The van der Waals surface area contributed by atoms with Gasteiger partial charge in [-0.25, -0.2) is 0 Å². The summed E-state index contributed by atoms with van der Waals surface area (Å²) in [7, 11) is 0. The van der Waals surface area contributed by atoms with E-state index >= 15 is 0 Å². The second-order valence-corrected chi connectivity index (χ2v) is 9.10. The first-order valence-corrected chi connectivity index (χ1v) is 13.2. The fourth-order valence-corrected chi connectivity index (χ4v) is 4.04. The van der Waals surface area contributed by atoms with Crippen molar-refractivity contribution in [3.63, 3.8) is 0 Å². The van der Waals surface area contributed by atoms with Gasteiger partial charge in [0.1, 0.15) is 0 Å². The number of hydrogen-bond donors (Lipinski definition) is 1. The molecular weight excluding hydrogens is 370 g/mol. The van der Waals surface area contributed by atoms with Crippen LogP contribution in [-0.2, 0) is 4.79 Å². The maximum atomic E-state index is 11.1. The van der Waals surface area contributed by atoms with Gasteiger partial charge in [-0.2, -0.15) is 0 Å². The van der Waals surface area contributed by atoms with Crippen molar-refractivity contribution in [2.45, 2.75) is 130 Å². The lowest BCUT2D eigenvalue weighted by Crippen LogP contribution is -2.31. The van der Waals surface area contributed by atoms with Crippen LogP contribution in [0, 0.1) is 5.92 Å². The van der Waals surface area contributed by atoms with Crippen molar-refractivity contribution in [2.24, 2.45) is 5.92 Å². The largest absolute Gasteiger partial charge is 0.481 e. The number of allylic oxidation sites excluding steroid dienone is 1. The van der Waals surface area contributed by atoms with Crippen molar-refractivity contribution in [2.75, 3.05) is 19.6 Å². The number of rotatable bonds is 23. The summed E-state index contributed by atoms with van der Waals surface area (Å²) in [5.41, 5.74) is 0. The van der Waals surface area contributed by atoms with Gasteiger partial charge in [-0.3, -0.25) is 4.79 Å². The number of carbonyl (C=O) groups is 1. The summed E-state index contributed by atoms with van der Waals surface area (Å²) in [6.45, 7) is 10.1. The van der Waals surface area contributed by atoms with Crippen molar-refractivity contribution in [3.8, 4) is 0 Å². The number of carboxylic acids is 1. The van der Waals surface area contributed by atoms with Crippen molar-refractivity contribution in [1.82, 2.24) is 4.90 Å². The van der Waals surface area contributed by atoms with E-state index in [9.17, 15) is 9.90 Å². The number of hydrogen-bond acceptors (Lipinski definition) is 2. The maximum absolute atomic E-state index is 11.1. The van der Waals surface area contributed by atoms with Gasteiger partial charge in [0.15, 0.2) is 0 Å². The highest BCUT2D eigenvalue weighted by molar-refractivity contribution is 5.66. The third kappa shape index (κ3) is 20.4. The quantitative estimate of drug-likeness (QED) is 0.133. The van der Waals surface area contributed by atoms with Crippen LogP contribution in [0.2, 0.25) is 0 Å². The smallest absolute Gasteiger partial charge is 0.303 e. The highest BCUT2D eigenvalue weighted by Crippen LogP contribution is 2.15. The number of unbranched alkanes of at least 4 members (excludes halogenated alkanes) is 12. The Hall–Kier alpha value is -0.830. The molecule has 178 valence electrons. The Balaban J connectivity index is 4.54. The maximum Gasteiger partial charge on any atom is 0.303 e. The first-order chi connectivity index (χ1) is 14.6. The Labute approximate surface area is 188 Å². The van der Waals surface area contributed by atoms with Gasteiger partial charge in [0.25, 0.3) is 0 Å². The molecule has 0 bridgehead atoms. The van der Waals surface area contributed by atoms with Crippen LogP contribution < -0.4 is 0 Å². The molecule has 0 aliphatic rings. The van der Waals surface area contributed by atoms with Gasteiger partial charge in [0.05, 0.1) is 0 Å². The van der Waals surface area contributed by atoms with Gasteiger partial charge in [-0.05, 0) is 51.1 Å². The van der Waals surface area contributed by atoms with Gasteiger partial charge < -0.3 is 10.0 Å². The van der Waals surface area contributed by atoms with Crippen LogP contribution in [0.4, 0.5) is 0 Å². The Morgan fingerprint density at radius 1 is 0.767 bits per heavy atom. The average Bonchev–Trinajstić information content (AvgIpc) is 2.73. The van der Waals surface area contributed by atoms with Crippen LogP contribution in [0.15, 0.2) is 12.2 Å². The first-order valence-electron chi connectivity index (χ1n) is 13.2. The van der Waals surface area contributed by atoms with E-state index < -0.39 is 5.97 Å². The van der Waals surface area contributed by atoms with Crippen molar-refractivity contribution >= 4 is 5.97 Å². The molecule has 3 nitrogen and oxygen atoms in total. The third-order valence-electron chi connectivity index (χ3n) is 6.01. The molecule has 0 heterocycles. The van der Waals surface area contributed by atoms with Gasteiger partial charge >= 0.3 is 5.97 Å². The van der Waals surface area contributed by atoms with E-state index in [1.807, 2.05) is 0 Å². The Morgan fingerprint density at radius 2 is 1.27 bits per heavy atom. The summed E-state index contributed by atoms with van der Waals surface area (Å²) in [6.07, 6.45) is 25.2. The molecule has 1 N–H and O–H groups in total. The van der Waals surface area contributed by atoms with E-state index in [1.54, 1.807) is 0 Å². The minimum Gasteiger partial charge on any atom is -0.481 e. The third-order valence-corrected chi connectivity index (χ3v) is 6.01. The zero-order valence-corrected chi connectivity index (χ0v) is 20.7. The molecular formula is C27H53NO2. The van der Waals surface area contributed by atoms with E-state index in [1.165, 1.54) is 103 Å². The minimum absolute atomic E-state index is 0.283. The van der Waals surface area contributed by atoms with Crippen molar-refractivity contribution in [3.05, 3.63) is 12.2 Å². The molecule has 30 heavy (non-hydrogen) atoms. The van der Waals surface area contributed by atoms with Gasteiger partial charge in [0, 0.05) is 13.0 Å². The lowest BCUT2D eigenvalue weighted by Gasteiger charge is -2.26. The van der Waals surface area contributed by atoms with Crippen molar-refractivity contribution in [1.29, 1.82) is 0 Å². The summed E-state index contributed by atoms with van der Waals surface area (Å²) in [4.78, 5) is 13.8. The van der Waals surface area contributed by atoms with Crippen molar-refractivity contribution < 1.29 is 9.90 Å². The second kappa shape index (κ2) is 22.8. The van der Waals surface area contributed by atoms with Crippen LogP contribution in [-0.4, -0.2) is 35.6 Å². The Morgan fingerprint density at radius 3 is 1.80 bits per heavy atom. The molecule has 3 heteroatoms. The van der Waals surface area contributed by atoms with E-state index in [4.69, 9.17) is 0 Å². The fourth-order valence-electron chi connectivity index (χ4n) is 4.04. The van der Waals surface area contributed by atoms with Crippen LogP contribution >= 0.6 is 0 Å². The monoisotopic (exact) mass is 423 g/mol. The number of aliphatic carboxylic acids is 1. The van der Waals surface area contributed by atoms with Gasteiger partial charge in [0.2, 0.25) is 0 Å². The number of nitrogens with zero attached hydrogens (tertiary/aromatic N) is 1.